The van der Waals surface area contributed by atoms with E-state index in [4.69, 9.17) is 15.2 Å². The Balaban J connectivity index is 1.70. The van der Waals surface area contributed by atoms with E-state index in [0.29, 0.717) is 19.3 Å². The Kier molecular flexibility index (Phi) is 33.6. The van der Waals surface area contributed by atoms with Gasteiger partial charge in [-0.3, -0.25) is 28.7 Å². The van der Waals surface area contributed by atoms with E-state index < -0.39 is 47.1 Å². The predicted molar refractivity (Wildman–Crippen MR) is 287 cm³/mol. The van der Waals surface area contributed by atoms with E-state index in [1.165, 1.54) is 184 Å². The summed E-state index contributed by atoms with van der Waals surface area (Å²) in [6, 6.07) is 0. The van der Waals surface area contributed by atoms with Gasteiger partial charge in [-0.1, -0.05) is 252 Å². The normalized spacial score (nSPS) is 16.1. The number of aliphatic hydroxyl groups excluding tert-OH is 1. The van der Waals surface area contributed by atoms with E-state index in [0.717, 1.165) is 57.8 Å². The van der Waals surface area contributed by atoms with Crippen molar-refractivity contribution < 1.29 is 29.0 Å². The summed E-state index contributed by atoms with van der Waals surface area (Å²) in [6.07, 6.45) is 42.9. The number of rotatable bonds is 47. The molecule has 1 saturated heterocycles. The van der Waals surface area contributed by atoms with Crippen LogP contribution in [-0.2, 0) is 23.9 Å². The van der Waals surface area contributed by atoms with Crippen molar-refractivity contribution >= 4 is 34.6 Å². The molecule has 1 aliphatic heterocycles. The van der Waals surface area contributed by atoms with Gasteiger partial charge in [0.15, 0.2) is 22.7 Å². The summed E-state index contributed by atoms with van der Waals surface area (Å²) in [5, 5.41) is 11.9. The van der Waals surface area contributed by atoms with Gasteiger partial charge in [-0.05, 0) is 19.3 Å². The smallest absolute Gasteiger partial charge is 0.307 e. The maximum absolute atomic E-state index is 14.9. The molecule has 12 nitrogen and oxygen atoms in total. The summed E-state index contributed by atoms with van der Waals surface area (Å²) in [5.74, 6) is -1.73. The summed E-state index contributed by atoms with van der Waals surface area (Å²) >= 11 is 0. The number of esters is 1. The van der Waals surface area contributed by atoms with Gasteiger partial charge in [-0.25, -0.2) is 4.98 Å². The van der Waals surface area contributed by atoms with Gasteiger partial charge in [0.05, 0.1) is 12.4 Å². The molecule has 402 valence electrons. The lowest BCUT2D eigenvalue weighted by Crippen LogP contribution is -2.61. The first kappa shape index (κ1) is 61.2. The number of aliphatic hydroxyl groups is 1. The lowest BCUT2D eigenvalue weighted by atomic mass is 9.80. The summed E-state index contributed by atoms with van der Waals surface area (Å²) in [6.45, 7) is 6.75. The van der Waals surface area contributed by atoms with Crippen LogP contribution in [0, 0.1) is 0 Å². The van der Waals surface area contributed by atoms with Crippen LogP contribution in [0.25, 0.3) is 11.2 Å². The van der Waals surface area contributed by atoms with E-state index in [1.54, 1.807) is 0 Å². The number of ether oxygens (including phenoxy) is 2. The van der Waals surface area contributed by atoms with Crippen molar-refractivity contribution in [3.8, 4) is 0 Å². The highest BCUT2D eigenvalue weighted by Crippen LogP contribution is 2.40. The number of aromatic amines is 1. The molecular weight excluding hydrogens is 879 g/mol. The van der Waals surface area contributed by atoms with Crippen molar-refractivity contribution in [2.24, 2.45) is 0 Å². The average molecular weight is 982 g/mol. The Bertz CT molecular complexity index is 1680. The van der Waals surface area contributed by atoms with Gasteiger partial charge in [0, 0.05) is 25.7 Å². The van der Waals surface area contributed by atoms with Crippen LogP contribution in [-0.4, -0.2) is 60.0 Å². The molecule has 0 spiro atoms. The average Bonchev–Trinajstić information content (AvgIpc) is 3.96. The van der Waals surface area contributed by atoms with Gasteiger partial charge in [0.1, 0.15) is 12.3 Å². The molecule has 0 radical (unpaired) electrons. The van der Waals surface area contributed by atoms with Gasteiger partial charge in [0.25, 0.3) is 11.2 Å². The van der Waals surface area contributed by atoms with Crippen molar-refractivity contribution in [3.63, 3.8) is 0 Å². The van der Waals surface area contributed by atoms with Gasteiger partial charge >= 0.3 is 5.97 Å². The van der Waals surface area contributed by atoms with Crippen LogP contribution in [0.3, 0.4) is 0 Å². The van der Waals surface area contributed by atoms with Crippen LogP contribution in [0.1, 0.15) is 303 Å². The van der Waals surface area contributed by atoms with E-state index in [9.17, 15) is 24.3 Å². The SMILES string of the molecule is CCCCCCCCCCCCCCCC(=O)OC(C(=O)CCCCCCCCCCCCCCC)(C(=O)CCCCCCCCCCCCCCC)[C@H]1O[C@@H](n2cnc3c(=O)[nH]c(N)nc32)C[C@@H]1O. The zero-order valence-corrected chi connectivity index (χ0v) is 45.0. The summed E-state index contributed by atoms with van der Waals surface area (Å²) in [7, 11) is 0. The van der Waals surface area contributed by atoms with Crippen molar-refractivity contribution in [3.05, 3.63) is 16.7 Å². The summed E-state index contributed by atoms with van der Waals surface area (Å²) < 4.78 is 14.3. The lowest BCUT2D eigenvalue weighted by Gasteiger charge is -2.37. The molecule has 70 heavy (non-hydrogen) atoms. The maximum Gasteiger partial charge on any atom is 0.307 e. The molecule has 0 unspecified atom stereocenters. The van der Waals surface area contributed by atoms with Crippen LogP contribution in [0.5, 0.6) is 0 Å². The Morgan fingerprint density at radius 3 is 1.31 bits per heavy atom. The van der Waals surface area contributed by atoms with Gasteiger partial charge in [-0.15, -0.1) is 0 Å². The van der Waals surface area contributed by atoms with Crippen LogP contribution in [0.4, 0.5) is 5.95 Å². The number of imidazole rings is 1. The maximum atomic E-state index is 14.9. The molecule has 4 N–H and O–H groups in total. The van der Waals surface area contributed by atoms with E-state index in [1.807, 2.05) is 0 Å². The number of ketones is 2. The molecule has 12 heteroatoms. The molecule has 3 rings (SSSR count). The zero-order chi connectivity index (χ0) is 50.5. The van der Waals surface area contributed by atoms with Crippen LogP contribution in [0.2, 0.25) is 0 Å². The van der Waals surface area contributed by atoms with Gasteiger partial charge in [0.2, 0.25) is 5.95 Å². The Morgan fingerprint density at radius 1 is 0.600 bits per heavy atom. The zero-order valence-electron chi connectivity index (χ0n) is 45.0. The van der Waals surface area contributed by atoms with Crippen molar-refractivity contribution in [1.82, 2.24) is 19.5 Å². The standard InChI is InChI=1S/C58H103N5O7/c1-4-7-10-13-16-19-22-25-28-31-34-37-40-43-49(65)58(50(66)44-41-38-35-32-29-26-23-20-17-14-11-8-5-2,70-52(67)45-42-39-36-33-30-27-24-21-18-15-12-9-6-3)54-48(64)46-51(69-54)63-47-60-53-55(63)61-57(59)62-56(53)68/h47-48,51,54,64H,4-46H2,1-3H3,(H3,59,61,62,68)/t48-,51+,54-/m0/s1. The van der Waals surface area contributed by atoms with Crippen molar-refractivity contribution in [1.29, 1.82) is 0 Å². The molecular formula is C58H103N5O7. The molecule has 0 amide bonds. The number of nitrogens with zero attached hydrogens (tertiary/aromatic N) is 3. The van der Waals surface area contributed by atoms with Crippen LogP contribution < -0.4 is 11.3 Å². The number of unbranched alkanes of at least 4 members (excludes halogenated alkanes) is 36. The number of anilines is 1. The minimum atomic E-state index is -2.31. The number of fused-ring (bicyclic) bond motifs is 1. The fourth-order valence-electron chi connectivity index (χ4n) is 10.5. The molecule has 0 bridgehead atoms. The number of nitrogens with one attached hydrogen (secondary N) is 1. The van der Waals surface area contributed by atoms with Gasteiger partial charge in [-0.2, -0.15) is 4.98 Å². The molecule has 2 aromatic heterocycles. The number of nitrogen functional groups attached to an aromatic ring is 1. The number of aromatic nitrogens is 4. The van der Waals surface area contributed by atoms with Crippen molar-refractivity contribution in [2.45, 2.75) is 321 Å². The fraction of sp³-hybridized carbons (Fsp3) is 0.862. The minimum absolute atomic E-state index is 0.0346. The minimum Gasteiger partial charge on any atom is -0.440 e. The third-order valence-electron chi connectivity index (χ3n) is 14.9. The highest BCUT2D eigenvalue weighted by atomic mass is 16.6. The molecule has 1 fully saturated rings. The van der Waals surface area contributed by atoms with E-state index >= 15 is 0 Å². The lowest BCUT2D eigenvalue weighted by molar-refractivity contribution is -0.196. The highest BCUT2D eigenvalue weighted by Gasteiger charge is 2.60. The number of hydrogen-bond donors (Lipinski definition) is 3. The van der Waals surface area contributed by atoms with Gasteiger partial charge < -0.3 is 20.3 Å². The summed E-state index contributed by atoms with van der Waals surface area (Å²) in [4.78, 5) is 67.5. The first-order valence-electron chi connectivity index (χ1n) is 29.5. The topological polar surface area (TPSA) is 179 Å². The Morgan fingerprint density at radius 2 is 0.943 bits per heavy atom. The molecule has 0 saturated carbocycles. The van der Waals surface area contributed by atoms with Crippen LogP contribution in [0.15, 0.2) is 11.1 Å². The third kappa shape index (κ3) is 23.6. The summed E-state index contributed by atoms with van der Waals surface area (Å²) in [5.41, 5.74) is 3.29. The second kappa shape index (κ2) is 38.5. The highest BCUT2D eigenvalue weighted by molar-refractivity contribution is 6.12. The fourth-order valence-corrected chi connectivity index (χ4v) is 10.5. The molecule has 1 aliphatic rings. The molecule has 2 aromatic rings. The molecule has 0 aliphatic carbocycles. The molecule has 3 heterocycles. The second-order valence-corrected chi connectivity index (χ2v) is 21.1. The van der Waals surface area contributed by atoms with E-state index in [-0.39, 0.29) is 42.8 Å². The van der Waals surface area contributed by atoms with Crippen molar-refractivity contribution in [2.75, 3.05) is 5.73 Å². The monoisotopic (exact) mass is 982 g/mol. The number of Topliss-reactive ketones (excluding diaryl/α,β-unsaturated/α-hetero) is 2. The first-order chi connectivity index (χ1) is 34.2. The molecule has 3 atom stereocenters. The van der Waals surface area contributed by atoms with Crippen LogP contribution >= 0.6 is 0 Å². The number of carbonyl (C=O) groups is 3. The Hall–Kier alpha value is -3.12. The van der Waals surface area contributed by atoms with E-state index in [2.05, 4.69) is 35.7 Å². The largest absolute Gasteiger partial charge is 0.440 e. The number of H-pyrrole nitrogens is 1. The second-order valence-electron chi connectivity index (χ2n) is 21.1. The first-order valence-corrected chi connectivity index (χ1v) is 29.5. The third-order valence-corrected chi connectivity index (χ3v) is 14.9. The quantitative estimate of drug-likeness (QED) is 0.0328. The number of hydrogen-bond acceptors (Lipinski definition) is 10. The predicted octanol–water partition coefficient (Wildman–Crippen LogP) is 15.2. The number of carbonyl (C=O) groups excluding carboxylic acids is 3. The molecule has 0 aromatic carbocycles. The number of nitrogens with two attached hydrogens (primary N) is 1. The Labute approximate surface area is 425 Å².